The number of halogens is 1. The molecule has 6 nitrogen and oxygen atoms in total. The normalized spacial score (nSPS) is 17.3. The van der Waals surface area contributed by atoms with Crippen LogP contribution in [0.5, 0.6) is 0 Å². The lowest BCUT2D eigenvalue weighted by Crippen LogP contribution is -2.48. The zero-order valence-electron chi connectivity index (χ0n) is 16.9. The SMILES string of the molecule is CCCCC(c1nnnn1C(C)(C)C)N1CCN(c2ccccc2F)CC1. The molecule has 0 bridgehead atoms. The third-order valence-electron chi connectivity index (χ3n) is 5.21. The summed E-state index contributed by atoms with van der Waals surface area (Å²) in [6, 6.07) is 7.22. The summed E-state index contributed by atoms with van der Waals surface area (Å²) in [4.78, 5) is 4.59. The van der Waals surface area contributed by atoms with Gasteiger partial charge < -0.3 is 4.90 Å². The van der Waals surface area contributed by atoms with Crippen LogP contribution in [0.25, 0.3) is 0 Å². The minimum absolute atomic E-state index is 0.148. The highest BCUT2D eigenvalue weighted by atomic mass is 19.1. The molecule has 1 aliphatic heterocycles. The highest BCUT2D eigenvalue weighted by Gasteiger charge is 2.31. The fourth-order valence-corrected chi connectivity index (χ4v) is 3.73. The summed E-state index contributed by atoms with van der Waals surface area (Å²) >= 11 is 0. The molecule has 1 aliphatic rings. The maximum absolute atomic E-state index is 14.1. The highest BCUT2D eigenvalue weighted by Crippen LogP contribution is 2.30. The maximum atomic E-state index is 14.1. The van der Waals surface area contributed by atoms with E-state index in [1.165, 1.54) is 6.07 Å². The fraction of sp³-hybridized carbons (Fsp3) is 0.650. The molecule has 1 aromatic carbocycles. The van der Waals surface area contributed by atoms with E-state index < -0.39 is 0 Å². The number of hydrogen-bond acceptors (Lipinski definition) is 5. The van der Waals surface area contributed by atoms with Gasteiger partial charge >= 0.3 is 0 Å². The van der Waals surface area contributed by atoms with E-state index >= 15 is 0 Å². The minimum atomic E-state index is -0.154. The van der Waals surface area contributed by atoms with Crippen molar-refractivity contribution in [2.24, 2.45) is 0 Å². The van der Waals surface area contributed by atoms with Crippen molar-refractivity contribution in [2.45, 2.75) is 58.5 Å². The van der Waals surface area contributed by atoms with Gasteiger partial charge in [0.2, 0.25) is 0 Å². The molecule has 0 amide bonds. The average molecular weight is 375 g/mol. The molecule has 2 heterocycles. The summed E-state index contributed by atoms with van der Waals surface area (Å²) in [6.07, 6.45) is 3.31. The number of piperazine rings is 1. The quantitative estimate of drug-likeness (QED) is 0.773. The van der Waals surface area contributed by atoms with Gasteiger partial charge in [-0.1, -0.05) is 31.9 Å². The smallest absolute Gasteiger partial charge is 0.168 e. The number of aromatic nitrogens is 4. The van der Waals surface area contributed by atoms with Gasteiger partial charge in [-0.3, -0.25) is 4.90 Å². The van der Waals surface area contributed by atoms with E-state index in [1.807, 2.05) is 16.8 Å². The molecular weight excluding hydrogens is 343 g/mol. The summed E-state index contributed by atoms with van der Waals surface area (Å²) < 4.78 is 16.1. The molecular formula is C20H31FN6. The molecule has 1 fully saturated rings. The summed E-state index contributed by atoms with van der Waals surface area (Å²) in [6.45, 7) is 11.9. The van der Waals surface area contributed by atoms with Crippen molar-refractivity contribution in [3.8, 4) is 0 Å². The molecule has 0 aliphatic carbocycles. The first-order chi connectivity index (χ1) is 12.9. The standard InChI is InChI=1S/C20H31FN6/c1-5-6-10-18(19-22-23-24-27(19)20(2,3)4)26-14-12-25(13-15-26)17-11-8-7-9-16(17)21/h7-9,11,18H,5-6,10,12-15H2,1-4H3. The lowest BCUT2D eigenvalue weighted by atomic mass is 10.0. The van der Waals surface area contributed by atoms with Crippen molar-refractivity contribution in [3.05, 3.63) is 35.9 Å². The maximum Gasteiger partial charge on any atom is 0.168 e. The number of para-hydroxylation sites is 1. The van der Waals surface area contributed by atoms with Gasteiger partial charge in [-0.25, -0.2) is 9.07 Å². The first kappa shape index (κ1) is 19.7. The number of hydrogen-bond donors (Lipinski definition) is 0. The van der Waals surface area contributed by atoms with E-state index in [1.54, 1.807) is 6.07 Å². The number of rotatable bonds is 6. The molecule has 0 saturated carbocycles. The first-order valence-corrected chi connectivity index (χ1v) is 9.94. The van der Waals surface area contributed by atoms with Crippen LogP contribution in [-0.4, -0.2) is 51.3 Å². The summed E-state index contributed by atoms with van der Waals surface area (Å²) in [5, 5.41) is 12.6. The third kappa shape index (κ3) is 4.46. The Morgan fingerprint density at radius 2 is 1.81 bits per heavy atom. The second-order valence-corrected chi connectivity index (χ2v) is 8.25. The van der Waals surface area contributed by atoms with Gasteiger partial charge in [0.15, 0.2) is 5.82 Å². The van der Waals surface area contributed by atoms with E-state index in [0.29, 0.717) is 5.69 Å². The topological polar surface area (TPSA) is 50.1 Å². The van der Waals surface area contributed by atoms with Crippen LogP contribution in [0, 0.1) is 5.82 Å². The zero-order valence-corrected chi connectivity index (χ0v) is 16.9. The Balaban J connectivity index is 1.76. The Morgan fingerprint density at radius 1 is 1.11 bits per heavy atom. The van der Waals surface area contributed by atoms with Crippen molar-refractivity contribution in [1.29, 1.82) is 0 Å². The number of unbranched alkanes of at least 4 members (excludes halogenated alkanes) is 1. The van der Waals surface area contributed by atoms with E-state index in [2.05, 4.69) is 53.0 Å². The fourth-order valence-electron chi connectivity index (χ4n) is 3.73. The molecule has 27 heavy (non-hydrogen) atoms. The lowest BCUT2D eigenvalue weighted by Gasteiger charge is -2.40. The Bertz CT molecular complexity index is 730. The van der Waals surface area contributed by atoms with Crippen LogP contribution < -0.4 is 4.90 Å². The van der Waals surface area contributed by atoms with Gasteiger partial charge in [0, 0.05) is 26.2 Å². The van der Waals surface area contributed by atoms with Crippen molar-refractivity contribution >= 4 is 5.69 Å². The van der Waals surface area contributed by atoms with Gasteiger partial charge in [-0.15, -0.1) is 5.10 Å². The van der Waals surface area contributed by atoms with E-state index in [0.717, 1.165) is 51.3 Å². The molecule has 148 valence electrons. The van der Waals surface area contributed by atoms with Crippen LogP contribution in [-0.2, 0) is 5.54 Å². The molecule has 3 rings (SSSR count). The van der Waals surface area contributed by atoms with Crippen LogP contribution >= 0.6 is 0 Å². The lowest BCUT2D eigenvalue weighted by molar-refractivity contribution is 0.155. The molecule has 0 N–H and O–H groups in total. The van der Waals surface area contributed by atoms with Crippen molar-refractivity contribution in [2.75, 3.05) is 31.1 Å². The number of nitrogens with zero attached hydrogens (tertiary/aromatic N) is 6. The van der Waals surface area contributed by atoms with Gasteiger partial charge in [0.1, 0.15) is 5.82 Å². The van der Waals surface area contributed by atoms with Gasteiger partial charge in [0.25, 0.3) is 0 Å². The van der Waals surface area contributed by atoms with Gasteiger partial charge in [-0.2, -0.15) is 0 Å². The second-order valence-electron chi connectivity index (χ2n) is 8.25. The van der Waals surface area contributed by atoms with Crippen LogP contribution in [0.3, 0.4) is 0 Å². The third-order valence-corrected chi connectivity index (χ3v) is 5.21. The van der Waals surface area contributed by atoms with Crippen LogP contribution in [0.15, 0.2) is 24.3 Å². The summed E-state index contributed by atoms with van der Waals surface area (Å²) in [5.74, 6) is 0.792. The van der Waals surface area contributed by atoms with Gasteiger partial charge in [0.05, 0.1) is 17.3 Å². The predicted molar refractivity (Wildman–Crippen MR) is 105 cm³/mol. The molecule has 1 saturated heterocycles. The van der Waals surface area contributed by atoms with Crippen molar-refractivity contribution < 1.29 is 4.39 Å². The molecule has 7 heteroatoms. The molecule has 2 aromatic rings. The van der Waals surface area contributed by atoms with E-state index in [-0.39, 0.29) is 17.4 Å². The molecule has 0 spiro atoms. The summed E-state index contributed by atoms with van der Waals surface area (Å²) in [7, 11) is 0. The molecule has 1 aromatic heterocycles. The van der Waals surface area contributed by atoms with Crippen molar-refractivity contribution in [1.82, 2.24) is 25.1 Å². The molecule has 0 radical (unpaired) electrons. The zero-order chi connectivity index (χ0) is 19.4. The number of tetrazole rings is 1. The van der Waals surface area contributed by atoms with E-state index in [4.69, 9.17) is 0 Å². The number of benzene rings is 1. The Morgan fingerprint density at radius 3 is 2.44 bits per heavy atom. The molecule has 1 unspecified atom stereocenters. The average Bonchev–Trinajstić information content (AvgIpc) is 3.13. The largest absolute Gasteiger partial charge is 0.367 e. The number of anilines is 1. The van der Waals surface area contributed by atoms with Crippen LogP contribution in [0.2, 0.25) is 0 Å². The highest BCUT2D eigenvalue weighted by molar-refractivity contribution is 5.48. The second kappa shape index (κ2) is 8.33. The summed E-state index contributed by atoms with van der Waals surface area (Å²) in [5.41, 5.74) is 0.542. The molecule has 1 atom stereocenters. The Kier molecular flexibility index (Phi) is 6.09. The van der Waals surface area contributed by atoms with E-state index in [9.17, 15) is 4.39 Å². The Hall–Kier alpha value is -2.02. The van der Waals surface area contributed by atoms with Crippen molar-refractivity contribution in [3.63, 3.8) is 0 Å². The minimum Gasteiger partial charge on any atom is -0.367 e. The van der Waals surface area contributed by atoms with Crippen LogP contribution in [0.1, 0.15) is 58.8 Å². The monoisotopic (exact) mass is 374 g/mol. The van der Waals surface area contributed by atoms with Crippen LogP contribution in [0.4, 0.5) is 10.1 Å². The van der Waals surface area contributed by atoms with Gasteiger partial charge in [-0.05, 0) is 49.8 Å². The first-order valence-electron chi connectivity index (χ1n) is 9.94. The Labute approximate surface area is 161 Å². The predicted octanol–water partition coefficient (Wildman–Crippen LogP) is 3.62.